The number of aromatic nitrogens is 2. The number of carbonyl (C=O) groups excluding carboxylic acids is 2. The molecule has 0 saturated carbocycles. The van der Waals surface area contributed by atoms with Crippen molar-refractivity contribution >= 4 is 24.0 Å². The number of carbonyl (C=O) groups is 2. The van der Waals surface area contributed by atoms with Gasteiger partial charge in [0.1, 0.15) is 0 Å². The van der Waals surface area contributed by atoms with E-state index in [1.54, 1.807) is 9.80 Å². The average Bonchev–Trinajstić information content (AvgIpc) is 2.63. The molecule has 2 aromatic rings. The van der Waals surface area contributed by atoms with E-state index in [-0.39, 0.29) is 5.91 Å². The second kappa shape index (κ2) is 6.87. The molecule has 1 N–H and O–H groups in total. The molecule has 0 atom stereocenters. The number of para-hydroxylation sites is 1. The van der Waals surface area contributed by atoms with Crippen molar-refractivity contribution in [3.63, 3.8) is 0 Å². The van der Waals surface area contributed by atoms with E-state index in [2.05, 4.69) is 15.3 Å². The molecule has 1 aliphatic heterocycles. The number of anilines is 2. The molecule has 7 nitrogen and oxygen atoms in total. The molecule has 2 heterocycles. The Morgan fingerprint density at radius 2 is 1.70 bits per heavy atom. The SMILES string of the molecule is O=CN1CCN(C(=O)c2cnc(Nc3ccccc3)nc2)CC1. The molecule has 23 heavy (non-hydrogen) atoms. The second-order valence-corrected chi connectivity index (χ2v) is 5.22. The van der Waals surface area contributed by atoms with Gasteiger partial charge in [0.05, 0.1) is 5.56 Å². The van der Waals surface area contributed by atoms with Gasteiger partial charge in [-0.2, -0.15) is 0 Å². The van der Waals surface area contributed by atoms with Gasteiger partial charge in [0.15, 0.2) is 0 Å². The summed E-state index contributed by atoms with van der Waals surface area (Å²) in [6, 6.07) is 9.58. The van der Waals surface area contributed by atoms with Crippen molar-refractivity contribution in [3.8, 4) is 0 Å². The van der Waals surface area contributed by atoms with Crippen molar-refractivity contribution in [2.45, 2.75) is 0 Å². The maximum Gasteiger partial charge on any atom is 0.257 e. The fraction of sp³-hybridized carbons (Fsp3) is 0.250. The minimum absolute atomic E-state index is 0.109. The van der Waals surface area contributed by atoms with Gasteiger partial charge in [-0.15, -0.1) is 0 Å². The van der Waals surface area contributed by atoms with Gasteiger partial charge in [0.2, 0.25) is 12.4 Å². The third-order valence-corrected chi connectivity index (χ3v) is 3.68. The van der Waals surface area contributed by atoms with Gasteiger partial charge in [0, 0.05) is 44.3 Å². The van der Waals surface area contributed by atoms with Crippen molar-refractivity contribution in [3.05, 3.63) is 48.3 Å². The maximum atomic E-state index is 12.4. The molecule has 0 bridgehead atoms. The highest BCUT2D eigenvalue weighted by Crippen LogP contribution is 2.12. The van der Waals surface area contributed by atoms with E-state index >= 15 is 0 Å². The van der Waals surface area contributed by atoms with E-state index < -0.39 is 0 Å². The van der Waals surface area contributed by atoms with Crippen LogP contribution >= 0.6 is 0 Å². The standard InChI is InChI=1S/C16H17N5O2/c22-12-20-6-8-21(9-7-20)15(23)13-10-17-16(18-11-13)19-14-4-2-1-3-5-14/h1-5,10-12H,6-9H2,(H,17,18,19). The minimum atomic E-state index is -0.109. The van der Waals surface area contributed by atoms with E-state index in [4.69, 9.17) is 0 Å². The summed E-state index contributed by atoms with van der Waals surface area (Å²) in [6.45, 7) is 2.18. The number of amides is 2. The third-order valence-electron chi connectivity index (χ3n) is 3.68. The van der Waals surface area contributed by atoms with Crippen LogP contribution in [0.3, 0.4) is 0 Å². The van der Waals surface area contributed by atoms with Crippen molar-refractivity contribution in [1.29, 1.82) is 0 Å². The molecular formula is C16H17N5O2. The van der Waals surface area contributed by atoms with Crippen LogP contribution in [0.2, 0.25) is 0 Å². The maximum absolute atomic E-state index is 12.4. The van der Waals surface area contributed by atoms with E-state index in [0.29, 0.717) is 37.7 Å². The predicted octanol–water partition coefficient (Wildman–Crippen LogP) is 1.13. The highest BCUT2D eigenvalue weighted by molar-refractivity contribution is 5.93. The van der Waals surface area contributed by atoms with Crippen molar-refractivity contribution < 1.29 is 9.59 Å². The van der Waals surface area contributed by atoms with Crippen molar-refractivity contribution in [2.75, 3.05) is 31.5 Å². The first-order valence-corrected chi connectivity index (χ1v) is 7.39. The Balaban J connectivity index is 1.63. The highest BCUT2D eigenvalue weighted by atomic mass is 16.2. The lowest BCUT2D eigenvalue weighted by molar-refractivity contribution is -0.119. The lowest BCUT2D eigenvalue weighted by Crippen LogP contribution is -2.48. The average molecular weight is 311 g/mol. The highest BCUT2D eigenvalue weighted by Gasteiger charge is 2.21. The Bertz CT molecular complexity index is 667. The Labute approximate surface area is 134 Å². The minimum Gasteiger partial charge on any atom is -0.342 e. The Kier molecular flexibility index (Phi) is 4.46. The monoisotopic (exact) mass is 311 g/mol. The summed E-state index contributed by atoms with van der Waals surface area (Å²) in [5.41, 5.74) is 1.33. The number of hydrogen-bond acceptors (Lipinski definition) is 5. The van der Waals surface area contributed by atoms with Crippen molar-refractivity contribution in [1.82, 2.24) is 19.8 Å². The Morgan fingerprint density at radius 1 is 1.04 bits per heavy atom. The number of benzene rings is 1. The molecule has 1 fully saturated rings. The molecule has 1 aromatic carbocycles. The summed E-state index contributed by atoms with van der Waals surface area (Å²) in [7, 11) is 0. The molecule has 1 aliphatic rings. The van der Waals surface area contributed by atoms with Gasteiger partial charge in [-0.05, 0) is 12.1 Å². The number of nitrogens with one attached hydrogen (secondary N) is 1. The smallest absolute Gasteiger partial charge is 0.257 e. The molecule has 2 amide bonds. The van der Waals surface area contributed by atoms with E-state index in [9.17, 15) is 9.59 Å². The zero-order valence-electron chi connectivity index (χ0n) is 12.6. The Morgan fingerprint density at radius 3 is 2.30 bits per heavy atom. The third kappa shape index (κ3) is 3.63. The number of rotatable bonds is 4. The molecule has 0 spiro atoms. The molecular weight excluding hydrogens is 294 g/mol. The fourth-order valence-electron chi connectivity index (χ4n) is 2.37. The summed E-state index contributed by atoms with van der Waals surface area (Å²) < 4.78 is 0. The molecule has 1 aromatic heterocycles. The quantitative estimate of drug-likeness (QED) is 0.857. The fourth-order valence-corrected chi connectivity index (χ4v) is 2.37. The van der Waals surface area contributed by atoms with Crippen LogP contribution in [0.5, 0.6) is 0 Å². The zero-order chi connectivity index (χ0) is 16.1. The van der Waals surface area contributed by atoms with Gasteiger partial charge in [-0.3, -0.25) is 9.59 Å². The van der Waals surface area contributed by atoms with Gasteiger partial charge in [-0.1, -0.05) is 18.2 Å². The number of piperazine rings is 1. The molecule has 1 saturated heterocycles. The van der Waals surface area contributed by atoms with E-state index in [0.717, 1.165) is 12.1 Å². The van der Waals surface area contributed by atoms with Crippen LogP contribution in [-0.4, -0.2) is 58.3 Å². The summed E-state index contributed by atoms with van der Waals surface area (Å²) in [5, 5.41) is 3.07. The van der Waals surface area contributed by atoms with Crippen LogP contribution in [-0.2, 0) is 4.79 Å². The van der Waals surface area contributed by atoms with Gasteiger partial charge in [-0.25, -0.2) is 9.97 Å². The first kappa shape index (κ1) is 15.0. The topological polar surface area (TPSA) is 78.4 Å². The number of nitrogens with zero attached hydrogens (tertiary/aromatic N) is 4. The molecule has 0 radical (unpaired) electrons. The summed E-state index contributed by atoms with van der Waals surface area (Å²) in [4.78, 5) is 34.8. The van der Waals surface area contributed by atoms with Crippen LogP contribution in [0.25, 0.3) is 0 Å². The van der Waals surface area contributed by atoms with Gasteiger partial charge < -0.3 is 15.1 Å². The lowest BCUT2D eigenvalue weighted by Gasteiger charge is -2.32. The van der Waals surface area contributed by atoms with Crippen LogP contribution in [0, 0.1) is 0 Å². The summed E-state index contributed by atoms with van der Waals surface area (Å²) >= 11 is 0. The normalized spacial score (nSPS) is 14.4. The predicted molar refractivity (Wildman–Crippen MR) is 85.3 cm³/mol. The van der Waals surface area contributed by atoms with E-state index in [1.807, 2.05) is 30.3 Å². The molecule has 0 aliphatic carbocycles. The first-order valence-electron chi connectivity index (χ1n) is 7.39. The van der Waals surface area contributed by atoms with Crippen molar-refractivity contribution in [2.24, 2.45) is 0 Å². The zero-order valence-corrected chi connectivity index (χ0v) is 12.6. The summed E-state index contributed by atoms with van der Waals surface area (Å²) in [6.07, 6.45) is 3.86. The van der Waals surface area contributed by atoms with Crippen LogP contribution < -0.4 is 5.32 Å². The van der Waals surface area contributed by atoms with E-state index in [1.165, 1.54) is 12.4 Å². The second-order valence-electron chi connectivity index (χ2n) is 5.22. The Hall–Kier alpha value is -2.96. The molecule has 0 unspecified atom stereocenters. The van der Waals surface area contributed by atoms with Gasteiger partial charge in [0.25, 0.3) is 5.91 Å². The molecule has 118 valence electrons. The molecule has 3 rings (SSSR count). The van der Waals surface area contributed by atoms with Crippen LogP contribution in [0.1, 0.15) is 10.4 Å². The largest absolute Gasteiger partial charge is 0.342 e. The molecule has 7 heteroatoms. The summed E-state index contributed by atoms with van der Waals surface area (Å²) in [5.74, 6) is 0.334. The number of hydrogen-bond donors (Lipinski definition) is 1. The lowest BCUT2D eigenvalue weighted by atomic mass is 10.2. The van der Waals surface area contributed by atoms with Crippen LogP contribution in [0.15, 0.2) is 42.7 Å². The van der Waals surface area contributed by atoms with Crippen LogP contribution in [0.4, 0.5) is 11.6 Å². The first-order chi connectivity index (χ1) is 11.3. The van der Waals surface area contributed by atoms with Gasteiger partial charge >= 0.3 is 0 Å².